The molecule has 4 nitrogen and oxygen atoms in total. The number of aliphatic hydroxyl groups is 1. The summed E-state index contributed by atoms with van der Waals surface area (Å²) in [6.45, 7) is 0.331. The Morgan fingerprint density at radius 3 is 2.38 bits per heavy atom. The van der Waals surface area contributed by atoms with E-state index in [1.165, 1.54) is 12.1 Å². The van der Waals surface area contributed by atoms with Crippen molar-refractivity contribution in [1.82, 2.24) is 5.32 Å². The second kappa shape index (κ2) is 6.80. The Kier molecular flexibility index (Phi) is 5.07. The number of anilines is 1. The summed E-state index contributed by atoms with van der Waals surface area (Å²) in [5.74, 6) is -0.347. The van der Waals surface area contributed by atoms with Crippen molar-refractivity contribution < 1.29 is 9.90 Å². The van der Waals surface area contributed by atoms with Crippen LogP contribution in [-0.2, 0) is 13.2 Å². The fraction of sp³-hybridized carbons (Fsp3) is 0.133. The summed E-state index contributed by atoms with van der Waals surface area (Å²) in [4.78, 5) is 12.1. The van der Waals surface area contributed by atoms with Gasteiger partial charge in [-0.1, -0.05) is 47.5 Å². The molecule has 0 heterocycles. The molecule has 0 aliphatic heterocycles. The molecule has 0 fully saturated rings. The smallest absolute Gasteiger partial charge is 0.253 e. The van der Waals surface area contributed by atoms with E-state index < -0.39 is 0 Å². The van der Waals surface area contributed by atoms with E-state index >= 15 is 0 Å². The van der Waals surface area contributed by atoms with Crippen molar-refractivity contribution in [2.24, 2.45) is 0 Å². The number of nitrogens with one attached hydrogen (secondary N) is 1. The van der Waals surface area contributed by atoms with Gasteiger partial charge in [-0.2, -0.15) is 0 Å². The van der Waals surface area contributed by atoms with Crippen LogP contribution in [0.2, 0.25) is 10.0 Å². The molecule has 21 heavy (non-hydrogen) atoms. The van der Waals surface area contributed by atoms with Crippen LogP contribution in [0.15, 0.2) is 36.4 Å². The van der Waals surface area contributed by atoms with E-state index in [4.69, 9.17) is 34.0 Å². The van der Waals surface area contributed by atoms with E-state index in [9.17, 15) is 4.79 Å². The Labute approximate surface area is 132 Å². The zero-order valence-electron chi connectivity index (χ0n) is 11.1. The molecular formula is C15H14Cl2N2O2. The maximum Gasteiger partial charge on any atom is 0.253 e. The number of carbonyl (C=O) groups excluding carboxylic acids is 1. The highest BCUT2D eigenvalue weighted by atomic mass is 35.5. The summed E-state index contributed by atoms with van der Waals surface area (Å²) in [6.07, 6.45) is 0. The van der Waals surface area contributed by atoms with Crippen LogP contribution in [0.3, 0.4) is 0 Å². The molecule has 4 N–H and O–H groups in total. The quantitative estimate of drug-likeness (QED) is 0.757. The number of nitrogen functional groups attached to an aromatic ring is 1. The van der Waals surface area contributed by atoms with Crippen molar-refractivity contribution in [3.63, 3.8) is 0 Å². The van der Waals surface area contributed by atoms with Crippen LogP contribution in [0.5, 0.6) is 0 Å². The van der Waals surface area contributed by atoms with Gasteiger partial charge in [-0.05, 0) is 23.3 Å². The minimum atomic E-state index is -0.347. The van der Waals surface area contributed by atoms with Gasteiger partial charge in [0, 0.05) is 12.2 Å². The zero-order valence-corrected chi connectivity index (χ0v) is 12.6. The molecule has 0 bridgehead atoms. The molecule has 1 amide bonds. The largest absolute Gasteiger partial charge is 0.399 e. The van der Waals surface area contributed by atoms with E-state index in [-0.39, 0.29) is 28.1 Å². The van der Waals surface area contributed by atoms with Crippen molar-refractivity contribution in [1.29, 1.82) is 0 Å². The monoisotopic (exact) mass is 324 g/mol. The maximum absolute atomic E-state index is 12.1. The highest BCUT2D eigenvalue weighted by Gasteiger charge is 2.13. The van der Waals surface area contributed by atoms with Crippen LogP contribution in [0.4, 0.5) is 5.69 Å². The van der Waals surface area contributed by atoms with Crippen LogP contribution in [-0.4, -0.2) is 11.0 Å². The minimum Gasteiger partial charge on any atom is -0.399 e. The van der Waals surface area contributed by atoms with E-state index in [2.05, 4.69) is 5.32 Å². The Bertz CT molecular complexity index is 657. The minimum absolute atomic E-state index is 0.00988. The summed E-state index contributed by atoms with van der Waals surface area (Å²) >= 11 is 11.9. The number of hydrogen-bond donors (Lipinski definition) is 3. The summed E-state index contributed by atoms with van der Waals surface area (Å²) < 4.78 is 0. The molecule has 0 saturated heterocycles. The van der Waals surface area contributed by atoms with E-state index in [0.717, 1.165) is 11.1 Å². The Balaban J connectivity index is 2.08. The lowest BCUT2D eigenvalue weighted by Crippen LogP contribution is -2.23. The van der Waals surface area contributed by atoms with E-state index in [1.807, 2.05) is 12.1 Å². The SMILES string of the molecule is Nc1cc(Cl)c(Cl)c(C(=O)NCc2ccc(CO)cc2)c1. The van der Waals surface area contributed by atoms with Gasteiger partial charge in [-0.3, -0.25) is 4.79 Å². The molecule has 6 heteroatoms. The molecule has 110 valence electrons. The molecule has 0 aliphatic carbocycles. The fourth-order valence-electron chi connectivity index (χ4n) is 1.82. The lowest BCUT2D eigenvalue weighted by molar-refractivity contribution is 0.0951. The third kappa shape index (κ3) is 3.88. The second-order valence-corrected chi connectivity index (χ2v) is 5.31. The highest BCUT2D eigenvalue weighted by molar-refractivity contribution is 6.44. The standard InChI is InChI=1S/C15H14Cl2N2O2/c16-13-6-11(18)5-12(14(13)17)15(21)19-7-9-1-3-10(8-20)4-2-9/h1-6,20H,7-8,18H2,(H,19,21). The maximum atomic E-state index is 12.1. The molecule has 0 atom stereocenters. The number of amides is 1. The molecule has 0 saturated carbocycles. The topological polar surface area (TPSA) is 75.4 Å². The third-order valence-corrected chi connectivity index (χ3v) is 3.76. The first-order valence-corrected chi connectivity index (χ1v) is 6.98. The van der Waals surface area contributed by atoms with Crippen LogP contribution >= 0.6 is 23.2 Å². The van der Waals surface area contributed by atoms with Crippen LogP contribution in [0, 0.1) is 0 Å². The lowest BCUT2D eigenvalue weighted by Gasteiger charge is -2.09. The van der Waals surface area contributed by atoms with Crippen molar-refractivity contribution >= 4 is 34.8 Å². The van der Waals surface area contributed by atoms with E-state index in [1.54, 1.807) is 12.1 Å². The van der Waals surface area contributed by atoms with Crippen LogP contribution in [0.1, 0.15) is 21.5 Å². The van der Waals surface area contributed by atoms with Gasteiger partial charge < -0.3 is 16.2 Å². The third-order valence-electron chi connectivity index (χ3n) is 2.95. The average Bonchev–Trinajstić information content (AvgIpc) is 2.49. The van der Waals surface area contributed by atoms with Gasteiger partial charge in [0.2, 0.25) is 0 Å². The Morgan fingerprint density at radius 1 is 1.14 bits per heavy atom. The molecule has 2 rings (SSSR count). The first kappa shape index (κ1) is 15.6. The highest BCUT2D eigenvalue weighted by Crippen LogP contribution is 2.28. The number of benzene rings is 2. The lowest BCUT2D eigenvalue weighted by atomic mass is 10.1. The zero-order chi connectivity index (χ0) is 15.4. The van der Waals surface area contributed by atoms with Gasteiger partial charge >= 0.3 is 0 Å². The summed E-state index contributed by atoms with van der Waals surface area (Å²) in [5, 5.41) is 12.1. The van der Waals surface area contributed by atoms with Gasteiger partial charge in [0.05, 0.1) is 22.2 Å². The second-order valence-electron chi connectivity index (χ2n) is 4.52. The predicted octanol–water partition coefficient (Wildman–Crippen LogP) is 3.00. The van der Waals surface area contributed by atoms with Gasteiger partial charge in [-0.15, -0.1) is 0 Å². The van der Waals surface area contributed by atoms with Crippen LogP contribution < -0.4 is 11.1 Å². The van der Waals surface area contributed by atoms with E-state index in [0.29, 0.717) is 12.2 Å². The Morgan fingerprint density at radius 2 is 1.76 bits per heavy atom. The number of halogens is 2. The molecular weight excluding hydrogens is 311 g/mol. The average molecular weight is 325 g/mol. The van der Waals surface area contributed by atoms with Crippen LogP contribution in [0.25, 0.3) is 0 Å². The summed E-state index contributed by atoms with van der Waals surface area (Å²) in [7, 11) is 0. The van der Waals surface area contributed by atoms with Crippen molar-refractivity contribution in [2.75, 3.05) is 5.73 Å². The van der Waals surface area contributed by atoms with Gasteiger partial charge in [0.15, 0.2) is 0 Å². The van der Waals surface area contributed by atoms with Gasteiger partial charge in [-0.25, -0.2) is 0 Å². The predicted molar refractivity (Wildman–Crippen MR) is 84.4 cm³/mol. The van der Waals surface area contributed by atoms with Crippen molar-refractivity contribution in [2.45, 2.75) is 13.2 Å². The number of hydrogen-bond acceptors (Lipinski definition) is 3. The molecule has 2 aromatic carbocycles. The fourth-order valence-corrected chi connectivity index (χ4v) is 2.24. The number of rotatable bonds is 4. The van der Waals surface area contributed by atoms with Crippen molar-refractivity contribution in [3.05, 3.63) is 63.1 Å². The summed E-state index contributed by atoms with van der Waals surface area (Å²) in [5.41, 5.74) is 8.00. The number of nitrogens with two attached hydrogens (primary N) is 1. The summed E-state index contributed by atoms with van der Waals surface area (Å²) in [6, 6.07) is 10.2. The molecule has 0 radical (unpaired) electrons. The molecule has 0 aromatic heterocycles. The number of aliphatic hydroxyl groups excluding tert-OH is 1. The molecule has 0 unspecified atom stereocenters. The van der Waals surface area contributed by atoms with Gasteiger partial charge in [0.1, 0.15) is 0 Å². The van der Waals surface area contributed by atoms with Crippen molar-refractivity contribution in [3.8, 4) is 0 Å². The molecule has 0 spiro atoms. The normalized spacial score (nSPS) is 10.4. The Hall–Kier alpha value is -1.75. The molecule has 0 aliphatic rings. The van der Waals surface area contributed by atoms with Gasteiger partial charge in [0.25, 0.3) is 5.91 Å². The first-order chi connectivity index (χ1) is 10.0. The first-order valence-electron chi connectivity index (χ1n) is 6.22. The number of carbonyl (C=O) groups is 1. The molecule has 2 aromatic rings.